The van der Waals surface area contributed by atoms with Gasteiger partial charge in [0.05, 0.1) is 0 Å². The molecule has 1 fully saturated rings. The molecule has 22 heavy (non-hydrogen) atoms. The number of rotatable bonds is 4. The van der Waals surface area contributed by atoms with E-state index in [4.69, 9.17) is 23.2 Å². The standard InChI is InChI=1S/C15H15BrCl2N2O2/c1-9(16)8-19-14(21)13-3-2-4-20(13)15(22)10-5-11(17)7-12(18)6-10/h5-7,13H,1-4,8H2,(H,19,21). The molecule has 1 unspecified atom stereocenters. The Morgan fingerprint density at radius 2 is 1.95 bits per heavy atom. The van der Waals surface area contributed by atoms with E-state index in [1.165, 1.54) is 0 Å². The van der Waals surface area contributed by atoms with Gasteiger partial charge in [-0.25, -0.2) is 0 Å². The average Bonchev–Trinajstić information content (AvgIpc) is 2.92. The zero-order valence-corrected chi connectivity index (χ0v) is 14.8. The smallest absolute Gasteiger partial charge is 0.254 e. The zero-order valence-electron chi connectivity index (χ0n) is 11.7. The molecule has 0 spiro atoms. The van der Waals surface area contributed by atoms with E-state index in [1.54, 1.807) is 23.1 Å². The molecule has 1 aromatic carbocycles. The summed E-state index contributed by atoms with van der Waals surface area (Å²) in [6.07, 6.45) is 1.42. The van der Waals surface area contributed by atoms with Crippen LogP contribution >= 0.6 is 39.1 Å². The number of halogens is 3. The minimum absolute atomic E-state index is 0.181. The number of hydrogen-bond donors (Lipinski definition) is 1. The van der Waals surface area contributed by atoms with Crippen molar-refractivity contribution in [3.63, 3.8) is 0 Å². The number of nitrogens with zero attached hydrogens (tertiary/aromatic N) is 1. The van der Waals surface area contributed by atoms with Crippen molar-refractivity contribution in [2.24, 2.45) is 0 Å². The summed E-state index contributed by atoms with van der Waals surface area (Å²) in [5.74, 6) is -0.417. The van der Waals surface area contributed by atoms with E-state index in [-0.39, 0.29) is 11.8 Å². The van der Waals surface area contributed by atoms with E-state index in [9.17, 15) is 9.59 Å². The van der Waals surface area contributed by atoms with Crippen LogP contribution in [-0.2, 0) is 4.79 Å². The number of amides is 2. The summed E-state index contributed by atoms with van der Waals surface area (Å²) in [7, 11) is 0. The molecule has 0 saturated carbocycles. The molecule has 1 aliphatic heterocycles. The Labute approximate surface area is 147 Å². The van der Waals surface area contributed by atoms with Gasteiger partial charge < -0.3 is 10.2 Å². The zero-order chi connectivity index (χ0) is 16.3. The van der Waals surface area contributed by atoms with Crippen LogP contribution in [0, 0.1) is 0 Å². The maximum absolute atomic E-state index is 12.6. The number of hydrogen-bond acceptors (Lipinski definition) is 2. The lowest BCUT2D eigenvalue weighted by Gasteiger charge is -2.24. The van der Waals surface area contributed by atoms with E-state index in [2.05, 4.69) is 27.8 Å². The minimum Gasteiger partial charge on any atom is -0.350 e. The summed E-state index contributed by atoms with van der Waals surface area (Å²) < 4.78 is 0.679. The van der Waals surface area contributed by atoms with Crippen molar-refractivity contribution in [3.05, 3.63) is 44.9 Å². The summed E-state index contributed by atoms with van der Waals surface area (Å²) in [5.41, 5.74) is 0.391. The van der Waals surface area contributed by atoms with Gasteiger partial charge in [0.25, 0.3) is 5.91 Å². The number of carbonyl (C=O) groups is 2. The van der Waals surface area contributed by atoms with Crippen molar-refractivity contribution in [1.29, 1.82) is 0 Å². The van der Waals surface area contributed by atoms with Crippen LogP contribution in [0.15, 0.2) is 29.3 Å². The first kappa shape index (κ1) is 17.3. The molecule has 2 rings (SSSR count). The lowest BCUT2D eigenvalue weighted by Crippen LogP contribution is -2.46. The molecule has 0 aliphatic carbocycles. The fraction of sp³-hybridized carbons (Fsp3) is 0.333. The van der Waals surface area contributed by atoms with Crippen molar-refractivity contribution < 1.29 is 9.59 Å². The second-order valence-corrected chi connectivity index (χ2v) is 7.04. The molecule has 1 atom stereocenters. The predicted octanol–water partition coefficient (Wildman–Crippen LogP) is 3.62. The highest BCUT2D eigenvalue weighted by Gasteiger charge is 2.34. The van der Waals surface area contributed by atoms with Crippen LogP contribution in [0.1, 0.15) is 23.2 Å². The lowest BCUT2D eigenvalue weighted by molar-refractivity contribution is -0.124. The summed E-state index contributed by atoms with van der Waals surface area (Å²) >= 11 is 15.1. The van der Waals surface area contributed by atoms with Crippen LogP contribution in [0.2, 0.25) is 10.0 Å². The Balaban J connectivity index is 2.14. The number of nitrogens with one attached hydrogen (secondary N) is 1. The first-order chi connectivity index (χ1) is 10.4. The largest absolute Gasteiger partial charge is 0.350 e. The molecule has 0 radical (unpaired) electrons. The van der Waals surface area contributed by atoms with Gasteiger partial charge in [-0.2, -0.15) is 0 Å². The van der Waals surface area contributed by atoms with Gasteiger partial charge in [-0.15, -0.1) is 0 Å². The fourth-order valence-electron chi connectivity index (χ4n) is 2.43. The van der Waals surface area contributed by atoms with Crippen LogP contribution in [0.3, 0.4) is 0 Å². The third kappa shape index (κ3) is 4.24. The monoisotopic (exact) mass is 404 g/mol. The van der Waals surface area contributed by atoms with Crippen molar-refractivity contribution >= 4 is 50.9 Å². The second kappa shape index (κ2) is 7.49. The predicted molar refractivity (Wildman–Crippen MR) is 91.6 cm³/mol. The van der Waals surface area contributed by atoms with Crippen LogP contribution in [0.25, 0.3) is 0 Å². The molecule has 118 valence electrons. The van der Waals surface area contributed by atoms with Gasteiger partial charge in [0.1, 0.15) is 6.04 Å². The number of likely N-dealkylation sites (tertiary alicyclic amines) is 1. The minimum atomic E-state index is -0.475. The van der Waals surface area contributed by atoms with Crippen molar-refractivity contribution in [2.75, 3.05) is 13.1 Å². The molecule has 1 heterocycles. The molecule has 0 aromatic heterocycles. The average molecular weight is 406 g/mol. The molecule has 1 saturated heterocycles. The Bertz CT molecular complexity index is 601. The van der Waals surface area contributed by atoms with Gasteiger partial charge in [0, 0.05) is 33.2 Å². The van der Waals surface area contributed by atoms with Gasteiger partial charge in [0.15, 0.2) is 0 Å². The van der Waals surface area contributed by atoms with E-state index < -0.39 is 6.04 Å². The number of carbonyl (C=O) groups excluding carboxylic acids is 2. The summed E-state index contributed by atoms with van der Waals surface area (Å²) in [6.45, 7) is 4.54. The van der Waals surface area contributed by atoms with Crippen LogP contribution in [-0.4, -0.2) is 35.8 Å². The van der Waals surface area contributed by atoms with Crippen molar-refractivity contribution in [2.45, 2.75) is 18.9 Å². The SMILES string of the molecule is C=C(Br)CNC(=O)C1CCCN1C(=O)c1cc(Cl)cc(Cl)c1. The first-order valence-electron chi connectivity index (χ1n) is 6.76. The Morgan fingerprint density at radius 1 is 1.32 bits per heavy atom. The maximum Gasteiger partial charge on any atom is 0.254 e. The van der Waals surface area contributed by atoms with E-state index in [0.29, 0.717) is 39.6 Å². The van der Waals surface area contributed by atoms with E-state index in [0.717, 1.165) is 6.42 Å². The molecule has 1 aliphatic rings. The Morgan fingerprint density at radius 3 is 2.55 bits per heavy atom. The summed E-state index contributed by atoms with van der Waals surface area (Å²) in [4.78, 5) is 26.4. The fourth-order valence-corrected chi connectivity index (χ4v) is 3.09. The molecule has 1 aromatic rings. The summed E-state index contributed by atoms with van der Waals surface area (Å²) in [6, 6.07) is 4.21. The first-order valence-corrected chi connectivity index (χ1v) is 8.31. The molecule has 1 N–H and O–H groups in total. The van der Waals surface area contributed by atoms with Crippen LogP contribution < -0.4 is 5.32 Å². The molecular formula is C15H15BrCl2N2O2. The maximum atomic E-state index is 12.6. The highest BCUT2D eigenvalue weighted by molar-refractivity contribution is 9.11. The second-order valence-electron chi connectivity index (χ2n) is 5.05. The highest BCUT2D eigenvalue weighted by atomic mass is 79.9. The van der Waals surface area contributed by atoms with Crippen molar-refractivity contribution in [3.8, 4) is 0 Å². The third-order valence-corrected chi connectivity index (χ3v) is 4.10. The van der Waals surface area contributed by atoms with Crippen LogP contribution in [0.5, 0.6) is 0 Å². The quantitative estimate of drug-likeness (QED) is 0.831. The normalized spacial score (nSPS) is 17.4. The topological polar surface area (TPSA) is 49.4 Å². The lowest BCUT2D eigenvalue weighted by atomic mass is 10.1. The van der Waals surface area contributed by atoms with E-state index in [1.807, 2.05) is 0 Å². The molecular weight excluding hydrogens is 391 g/mol. The van der Waals surface area contributed by atoms with E-state index >= 15 is 0 Å². The van der Waals surface area contributed by atoms with Crippen molar-refractivity contribution in [1.82, 2.24) is 10.2 Å². The Hall–Kier alpha value is -1.04. The van der Waals surface area contributed by atoms with Gasteiger partial charge in [0.2, 0.25) is 5.91 Å². The van der Waals surface area contributed by atoms with Gasteiger partial charge in [-0.3, -0.25) is 9.59 Å². The summed E-state index contributed by atoms with van der Waals surface area (Å²) in [5, 5.41) is 3.54. The highest BCUT2D eigenvalue weighted by Crippen LogP contribution is 2.24. The molecule has 7 heteroatoms. The van der Waals surface area contributed by atoms with Gasteiger partial charge in [-0.05, 0) is 31.0 Å². The molecule has 4 nitrogen and oxygen atoms in total. The van der Waals surface area contributed by atoms with Gasteiger partial charge in [-0.1, -0.05) is 45.7 Å². The Kier molecular flexibility index (Phi) is 5.89. The van der Waals surface area contributed by atoms with Crippen LogP contribution in [0.4, 0.5) is 0 Å². The van der Waals surface area contributed by atoms with Gasteiger partial charge >= 0.3 is 0 Å². The number of benzene rings is 1. The molecule has 0 bridgehead atoms. The third-order valence-electron chi connectivity index (χ3n) is 3.38. The molecule has 2 amide bonds.